The Hall–Kier alpha value is -1.85. The fourth-order valence-electron chi connectivity index (χ4n) is 1.47. The topological polar surface area (TPSA) is 112 Å². The number of rotatable bonds is 6. The Morgan fingerprint density at radius 2 is 2.15 bits per heavy atom. The zero-order chi connectivity index (χ0) is 15.6. The summed E-state index contributed by atoms with van der Waals surface area (Å²) in [6.45, 7) is 5.23. The molecule has 1 aromatic rings. The lowest BCUT2D eigenvalue weighted by atomic mass is 9.97. The summed E-state index contributed by atoms with van der Waals surface area (Å²) in [5.74, 6) is -1.19. The first-order chi connectivity index (χ1) is 9.13. The van der Waals surface area contributed by atoms with Crippen molar-refractivity contribution in [1.29, 1.82) is 5.26 Å². The molecule has 1 rings (SSSR count). The minimum absolute atomic E-state index is 0.0501. The molecule has 0 amide bonds. The molecular weight excluding hydrogens is 282 g/mol. The van der Waals surface area contributed by atoms with Gasteiger partial charge in [0.05, 0.1) is 11.5 Å². The molecule has 110 valence electrons. The monoisotopic (exact) mass is 299 g/mol. The number of nitriles is 1. The molecule has 0 aliphatic carbocycles. The Balaban J connectivity index is 3.05. The Morgan fingerprint density at radius 3 is 2.55 bits per heavy atom. The van der Waals surface area contributed by atoms with Gasteiger partial charge in [-0.25, -0.2) is 17.9 Å². The predicted molar refractivity (Wildman–Crippen MR) is 71.6 cm³/mol. The van der Waals surface area contributed by atoms with Crippen LogP contribution in [0.1, 0.15) is 31.3 Å². The number of aromatic carboxylic acids is 1. The van der Waals surface area contributed by atoms with Gasteiger partial charge in [0.25, 0.3) is 0 Å². The van der Waals surface area contributed by atoms with E-state index in [1.54, 1.807) is 20.8 Å². The number of sulfonamides is 1. The van der Waals surface area contributed by atoms with Gasteiger partial charge >= 0.3 is 5.97 Å². The van der Waals surface area contributed by atoms with Crippen molar-refractivity contribution >= 4 is 16.0 Å². The number of carboxylic acid groups (broad SMARTS) is 1. The Kier molecular flexibility index (Phi) is 4.57. The SMILES string of the molecule is CCn1cc(S(=O)(=O)NCC(C)(C)C#N)cc1C(=O)O. The van der Waals surface area contributed by atoms with Crippen molar-refractivity contribution in [2.45, 2.75) is 32.2 Å². The van der Waals surface area contributed by atoms with Gasteiger partial charge in [-0.05, 0) is 26.8 Å². The average Bonchev–Trinajstić information content (AvgIpc) is 2.82. The van der Waals surface area contributed by atoms with E-state index in [1.807, 2.05) is 6.07 Å². The van der Waals surface area contributed by atoms with Crippen molar-refractivity contribution in [3.05, 3.63) is 18.0 Å². The Labute approximate surface area is 117 Å². The van der Waals surface area contributed by atoms with Crippen molar-refractivity contribution in [3.8, 4) is 6.07 Å². The zero-order valence-corrected chi connectivity index (χ0v) is 12.4. The van der Waals surface area contributed by atoms with E-state index in [9.17, 15) is 13.2 Å². The molecule has 7 nitrogen and oxygen atoms in total. The Bertz CT molecular complexity index is 653. The first kappa shape index (κ1) is 16.2. The predicted octanol–water partition coefficient (Wildman–Crippen LogP) is 1.03. The van der Waals surface area contributed by atoms with Crippen molar-refractivity contribution in [2.24, 2.45) is 5.41 Å². The van der Waals surface area contributed by atoms with Gasteiger partial charge in [-0.15, -0.1) is 0 Å². The summed E-state index contributed by atoms with van der Waals surface area (Å²) >= 11 is 0. The normalized spacial score (nSPS) is 12.1. The van der Waals surface area contributed by atoms with Crippen molar-refractivity contribution in [1.82, 2.24) is 9.29 Å². The van der Waals surface area contributed by atoms with Crippen LogP contribution >= 0.6 is 0 Å². The number of aromatic nitrogens is 1. The number of nitrogens with one attached hydrogen (secondary N) is 1. The number of carbonyl (C=O) groups is 1. The van der Waals surface area contributed by atoms with Crippen LogP contribution in [0.5, 0.6) is 0 Å². The van der Waals surface area contributed by atoms with Crippen LogP contribution in [0.2, 0.25) is 0 Å². The summed E-state index contributed by atoms with van der Waals surface area (Å²) in [5.41, 5.74) is -0.928. The molecule has 0 fully saturated rings. The second-order valence-corrected chi connectivity index (χ2v) is 6.74. The van der Waals surface area contributed by atoms with Crippen LogP contribution in [0.4, 0.5) is 0 Å². The van der Waals surface area contributed by atoms with E-state index < -0.39 is 21.4 Å². The van der Waals surface area contributed by atoms with Crippen LogP contribution in [0.3, 0.4) is 0 Å². The molecule has 2 N–H and O–H groups in total. The third-order valence-electron chi connectivity index (χ3n) is 2.75. The van der Waals surface area contributed by atoms with E-state index in [-0.39, 0.29) is 17.1 Å². The molecule has 0 radical (unpaired) electrons. The van der Waals surface area contributed by atoms with Gasteiger partial charge in [0, 0.05) is 19.3 Å². The first-order valence-corrected chi connectivity index (χ1v) is 7.45. The molecule has 1 aromatic heterocycles. The van der Waals surface area contributed by atoms with Crippen LogP contribution in [0.15, 0.2) is 17.2 Å². The van der Waals surface area contributed by atoms with Gasteiger partial charge in [0.2, 0.25) is 10.0 Å². The number of carboxylic acids is 1. The summed E-state index contributed by atoms with van der Waals surface area (Å²) in [7, 11) is -3.83. The number of hydrogen-bond acceptors (Lipinski definition) is 4. The minimum Gasteiger partial charge on any atom is -0.477 e. The average molecular weight is 299 g/mol. The van der Waals surface area contributed by atoms with Crippen LogP contribution in [0, 0.1) is 16.7 Å². The number of nitrogens with zero attached hydrogens (tertiary/aromatic N) is 2. The van der Waals surface area contributed by atoms with Crippen LogP contribution < -0.4 is 4.72 Å². The van der Waals surface area contributed by atoms with Gasteiger partial charge in [0.1, 0.15) is 10.6 Å². The lowest BCUT2D eigenvalue weighted by molar-refractivity contribution is 0.0685. The van der Waals surface area contributed by atoms with E-state index >= 15 is 0 Å². The lowest BCUT2D eigenvalue weighted by Crippen LogP contribution is -2.33. The highest BCUT2D eigenvalue weighted by Crippen LogP contribution is 2.17. The molecule has 0 aliphatic rings. The van der Waals surface area contributed by atoms with Crippen LogP contribution in [0.25, 0.3) is 0 Å². The number of hydrogen-bond donors (Lipinski definition) is 2. The van der Waals surface area contributed by atoms with Crippen molar-refractivity contribution in [2.75, 3.05) is 6.54 Å². The van der Waals surface area contributed by atoms with E-state index in [0.717, 1.165) is 6.07 Å². The van der Waals surface area contributed by atoms with Crippen LogP contribution in [-0.4, -0.2) is 30.6 Å². The fourth-order valence-corrected chi connectivity index (χ4v) is 2.72. The standard InChI is InChI=1S/C12H17N3O4S/c1-4-15-6-9(5-10(15)11(16)17)20(18,19)14-8-12(2,3)7-13/h5-6,14H,4,8H2,1-3H3,(H,16,17). The van der Waals surface area contributed by atoms with Crippen molar-refractivity contribution in [3.63, 3.8) is 0 Å². The van der Waals surface area contributed by atoms with E-state index in [4.69, 9.17) is 10.4 Å². The van der Waals surface area contributed by atoms with E-state index in [2.05, 4.69) is 4.72 Å². The largest absolute Gasteiger partial charge is 0.477 e. The molecule has 0 unspecified atom stereocenters. The molecule has 0 atom stereocenters. The molecule has 0 saturated heterocycles. The maximum atomic E-state index is 12.1. The van der Waals surface area contributed by atoms with Crippen molar-refractivity contribution < 1.29 is 18.3 Å². The lowest BCUT2D eigenvalue weighted by Gasteiger charge is -2.15. The summed E-state index contributed by atoms with van der Waals surface area (Å²) in [4.78, 5) is 10.9. The number of aryl methyl sites for hydroxylation is 1. The molecule has 0 bridgehead atoms. The van der Waals surface area contributed by atoms with E-state index in [1.165, 1.54) is 10.8 Å². The molecule has 20 heavy (non-hydrogen) atoms. The molecular formula is C12H17N3O4S. The highest BCUT2D eigenvalue weighted by atomic mass is 32.2. The van der Waals surface area contributed by atoms with Crippen LogP contribution in [-0.2, 0) is 16.6 Å². The maximum Gasteiger partial charge on any atom is 0.352 e. The van der Waals surface area contributed by atoms with Gasteiger partial charge in [0.15, 0.2) is 0 Å². The van der Waals surface area contributed by atoms with Gasteiger partial charge in [-0.2, -0.15) is 5.26 Å². The second kappa shape index (κ2) is 5.64. The van der Waals surface area contributed by atoms with E-state index in [0.29, 0.717) is 6.54 Å². The third-order valence-corrected chi connectivity index (χ3v) is 4.12. The van der Waals surface area contributed by atoms with Gasteiger partial charge in [-0.3, -0.25) is 0 Å². The zero-order valence-electron chi connectivity index (χ0n) is 11.5. The van der Waals surface area contributed by atoms with Gasteiger partial charge in [-0.1, -0.05) is 0 Å². The first-order valence-electron chi connectivity index (χ1n) is 5.97. The highest BCUT2D eigenvalue weighted by Gasteiger charge is 2.24. The Morgan fingerprint density at radius 1 is 1.55 bits per heavy atom. The third kappa shape index (κ3) is 3.59. The summed E-state index contributed by atoms with van der Waals surface area (Å²) in [6, 6.07) is 3.09. The summed E-state index contributed by atoms with van der Waals surface area (Å²) in [6.07, 6.45) is 1.27. The molecule has 0 aromatic carbocycles. The summed E-state index contributed by atoms with van der Waals surface area (Å²) < 4.78 is 27.8. The molecule has 8 heteroatoms. The fraction of sp³-hybridized carbons (Fsp3) is 0.500. The molecule has 0 aliphatic heterocycles. The maximum absolute atomic E-state index is 12.1. The minimum atomic E-state index is -3.83. The molecule has 0 spiro atoms. The summed E-state index contributed by atoms with van der Waals surface area (Å²) in [5, 5.41) is 17.8. The van der Waals surface area contributed by atoms with Gasteiger partial charge < -0.3 is 9.67 Å². The second-order valence-electron chi connectivity index (χ2n) is 4.97. The molecule has 0 saturated carbocycles. The quantitative estimate of drug-likeness (QED) is 0.814. The smallest absolute Gasteiger partial charge is 0.352 e. The highest BCUT2D eigenvalue weighted by molar-refractivity contribution is 7.89. The molecule has 1 heterocycles.